The number of ether oxygens (including phenoxy) is 1. The molecule has 78 valence electrons. The first kappa shape index (κ1) is 12.5. The lowest BCUT2D eigenvalue weighted by Crippen LogP contribution is -2.25. The van der Waals surface area contributed by atoms with Crippen LogP contribution in [0.2, 0.25) is 0 Å². The highest BCUT2D eigenvalue weighted by Crippen LogP contribution is 2.22. The highest BCUT2D eigenvalue weighted by molar-refractivity contribution is 4.76. The van der Waals surface area contributed by atoms with E-state index in [-0.39, 0.29) is 11.5 Å². The first-order valence-corrected chi connectivity index (χ1v) is 4.84. The number of unbranched alkanes of at least 4 members (excludes halogenated alkanes) is 1. The van der Waals surface area contributed by atoms with Crippen molar-refractivity contribution in [2.75, 3.05) is 7.11 Å². The maximum atomic E-state index is 9.69. The Kier molecular flexibility index (Phi) is 5.80. The average molecular weight is 186 g/mol. The van der Waals surface area contributed by atoms with Crippen molar-refractivity contribution in [1.82, 2.24) is 0 Å². The number of hydrogen-bond donors (Lipinski definition) is 1. The maximum Gasteiger partial charge on any atom is 0.0784 e. The van der Waals surface area contributed by atoms with Crippen molar-refractivity contribution in [3.63, 3.8) is 0 Å². The summed E-state index contributed by atoms with van der Waals surface area (Å²) in [4.78, 5) is 0. The lowest BCUT2D eigenvalue weighted by atomic mass is 9.86. The van der Waals surface area contributed by atoms with Gasteiger partial charge in [0.1, 0.15) is 0 Å². The van der Waals surface area contributed by atoms with Gasteiger partial charge in [-0.2, -0.15) is 0 Å². The van der Waals surface area contributed by atoms with E-state index in [1.165, 1.54) is 0 Å². The van der Waals surface area contributed by atoms with Crippen LogP contribution in [0.1, 0.15) is 40.0 Å². The molecule has 0 aromatic heterocycles. The van der Waals surface area contributed by atoms with E-state index < -0.39 is 0 Å². The molecule has 1 N–H and O–H groups in total. The number of aliphatic hydroxyl groups is 1. The molecule has 0 spiro atoms. The van der Waals surface area contributed by atoms with Crippen LogP contribution in [-0.4, -0.2) is 18.3 Å². The Balaban J connectivity index is 3.48. The van der Waals surface area contributed by atoms with Gasteiger partial charge in [0.05, 0.1) is 19.5 Å². The van der Waals surface area contributed by atoms with Crippen LogP contribution in [0.5, 0.6) is 0 Å². The third kappa shape index (κ3) is 6.64. The molecule has 0 saturated heterocycles. The summed E-state index contributed by atoms with van der Waals surface area (Å²) in [7, 11) is 1.64. The molecule has 0 fully saturated rings. The fourth-order valence-corrected chi connectivity index (χ4v) is 1.03. The molecular formula is C11H22O2. The van der Waals surface area contributed by atoms with Crippen LogP contribution < -0.4 is 0 Å². The van der Waals surface area contributed by atoms with Gasteiger partial charge < -0.3 is 9.84 Å². The number of methoxy groups -OCH3 is 1. The topological polar surface area (TPSA) is 29.5 Å². The van der Waals surface area contributed by atoms with E-state index in [4.69, 9.17) is 4.74 Å². The quantitative estimate of drug-likeness (QED) is 0.528. The van der Waals surface area contributed by atoms with Crippen LogP contribution in [0, 0.1) is 5.41 Å². The van der Waals surface area contributed by atoms with Crippen LogP contribution in [0.15, 0.2) is 12.3 Å². The third-order valence-electron chi connectivity index (χ3n) is 2.08. The van der Waals surface area contributed by atoms with E-state index in [1.807, 2.05) is 6.08 Å². The summed E-state index contributed by atoms with van der Waals surface area (Å²) >= 11 is 0. The third-order valence-corrected chi connectivity index (χ3v) is 2.08. The summed E-state index contributed by atoms with van der Waals surface area (Å²) in [5.74, 6) is 0. The van der Waals surface area contributed by atoms with Gasteiger partial charge in [0.2, 0.25) is 0 Å². The second-order valence-corrected chi connectivity index (χ2v) is 4.42. The molecule has 0 aliphatic heterocycles. The minimum Gasteiger partial charge on any atom is -0.505 e. The summed E-state index contributed by atoms with van der Waals surface area (Å²) in [5, 5.41) is 9.69. The lowest BCUT2D eigenvalue weighted by molar-refractivity contribution is 0.0542. The van der Waals surface area contributed by atoms with Gasteiger partial charge in [-0.1, -0.05) is 20.8 Å². The van der Waals surface area contributed by atoms with E-state index in [0.29, 0.717) is 0 Å². The molecule has 0 saturated carbocycles. The SMILES string of the molecule is CO/C=C/CCCC(O)C(C)(C)C. The predicted molar refractivity (Wildman–Crippen MR) is 55.5 cm³/mol. The zero-order valence-electron chi connectivity index (χ0n) is 9.21. The van der Waals surface area contributed by atoms with Crippen molar-refractivity contribution in [1.29, 1.82) is 0 Å². The van der Waals surface area contributed by atoms with Crippen LogP contribution >= 0.6 is 0 Å². The minimum atomic E-state index is -0.205. The fraction of sp³-hybridized carbons (Fsp3) is 0.818. The molecule has 0 heterocycles. The smallest absolute Gasteiger partial charge is 0.0784 e. The maximum absolute atomic E-state index is 9.69. The van der Waals surface area contributed by atoms with Crippen molar-refractivity contribution in [3.05, 3.63) is 12.3 Å². The van der Waals surface area contributed by atoms with E-state index >= 15 is 0 Å². The monoisotopic (exact) mass is 186 g/mol. The average Bonchev–Trinajstić information content (AvgIpc) is 2.02. The van der Waals surface area contributed by atoms with Crippen LogP contribution in [0.4, 0.5) is 0 Å². The van der Waals surface area contributed by atoms with Gasteiger partial charge in [0, 0.05) is 0 Å². The number of rotatable bonds is 5. The summed E-state index contributed by atoms with van der Waals surface area (Å²) in [6.45, 7) is 6.17. The van der Waals surface area contributed by atoms with Crippen molar-refractivity contribution < 1.29 is 9.84 Å². The molecule has 2 nitrogen and oxygen atoms in total. The number of aliphatic hydroxyl groups excluding tert-OH is 1. The Labute approximate surface area is 81.6 Å². The second kappa shape index (κ2) is 6.03. The lowest BCUT2D eigenvalue weighted by Gasteiger charge is -2.25. The molecule has 0 rings (SSSR count). The van der Waals surface area contributed by atoms with Crippen molar-refractivity contribution in [2.45, 2.75) is 46.1 Å². The Morgan fingerprint density at radius 1 is 1.38 bits per heavy atom. The summed E-state index contributed by atoms with van der Waals surface area (Å²) < 4.78 is 4.77. The summed E-state index contributed by atoms with van der Waals surface area (Å²) in [5.41, 5.74) is 0.00493. The van der Waals surface area contributed by atoms with E-state index in [9.17, 15) is 5.11 Å². The second-order valence-electron chi connectivity index (χ2n) is 4.42. The number of hydrogen-bond acceptors (Lipinski definition) is 2. The van der Waals surface area contributed by atoms with Gasteiger partial charge in [0.15, 0.2) is 0 Å². The molecule has 1 unspecified atom stereocenters. The normalized spacial score (nSPS) is 14.8. The van der Waals surface area contributed by atoms with Crippen LogP contribution in [0.3, 0.4) is 0 Å². The molecule has 0 aliphatic rings. The van der Waals surface area contributed by atoms with Gasteiger partial charge >= 0.3 is 0 Å². The largest absolute Gasteiger partial charge is 0.505 e. The summed E-state index contributed by atoms with van der Waals surface area (Å²) in [6.07, 6.45) is 6.30. The van der Waals surface area contributed by atoms with E-state index in [2.05, 4.69) is 20.8 Å². The van der Waals surface area contributed by atoms with E-state index in [1.54, 1.807) is 13.4 Å². The van der Waals surface area contributed by atoms with Gasteiger partial charge in [-0.05, 0) is 30.8 Å². The molecule has 0 aliphatic carbocycles. The zero-order chi connectivity index (χ0) is 10.3. The van der Waals surface area contributed by atoms with Crippen LogP contribution in [-0.2, 0) is 4.74 Å². The highest BCUT2D eigenvalue weighted by atomic mass is 16.5. The van der Waals surface area contributed by atoms with Gasteiger partial charge in [0.25, 0.3) is 0 Å². The Morgan fingerprint density at radius 2 is 2.00 bits per heavy atom. The Morgan fingerprint density at radius 3 is 2.46 bits per heavy atom. The van der Waals surface area contributed by atoms with Crippen molar-refractivity contribution in [3.8, 4) is 0 Å². The van der Waals surface area contributed by atoms with Gasteiger partial charge in [-0.15, -0.1) is 0 Å². The minimum absolute atomic E-state index is 0.00493. The molecule has 1 atom stereocenters. The van der Waals surface area contributed by atoms with Crippen molar-refractivity contribution in [2.24, 2.45) is 5.41 Å². The Hall–Kier alpha value is -0.500. The molecule has 0 aromatic carbocycles. The molecule has 0 aromatic rings. The number of allylic oxidation sites excluding steroid dienone is 1. The van der Waals surface area contributed by atoms with E-state index in [0.717, 1.165) is 19.3 Å². The van der Waals surface area contributed by atoms with Gasteiger partial charge in [-0.3, -0.25) is 0 Å². The van der Waals surface area contributed by atoms with Gasteiger partial charge in [-0.25, -0.2) is 0 Å². The zero-order valence-corrected chi connectivity index (χ0v) is 9.21. The highest BCUT2D eigenvalue weighted by Gasteiger charge is 2.20. The fourth-order valence-electron chi connectivity index (χ4n) is 1.03. The molecular weight excluding hydrogens is 164 g/mol. The molecule has 0 amide bonds. The summed E-state index contributed by atoms with van der Waals surface area (Å²) in [6, 6.07) is 0. The first-order chi connectivity index (χ1) is 5.98. The predicted octanol–water partition coefficient (Wildman–Crippen LogP) is 2.72. The first-order valence-electron chi connectivity index (χ1n) is 4.84. The Bertz CT molecular complexity index is 145. The molecule has 2 heteroatoms. The molecule has 0 bridgehead atoms. The van der Waals surface area contributed by atoms with Crippen molar-refractivity contribution >= 4 is 0 Å². The molecule has 0 radical (unpaired) electrons. The standard InChI is InChI=1S/C11H22O2/c1-11(2,3)10(12)8-6-5-7-9-13-4/h7,9-10,12H,5-6,8H2,1-4H3/b9-7+. The molecule has 13 heavy (non-hydrogen) atoms. The van der Waals surface area contributed by atoms with Crippen LogP contribution in [0.25, 0.3) is 0 Å².